The first-order valence-corrected chi connectivity index (χ1v) is 5.77. The minimum absolute atomic E-state index is 0. The van der Waals surface area contributed by atoms with E-state index in [2.05, 4.69) is 21.1 Å². The van der Waals surface area contributed by atoms with E-state index in [0.717, 1.165) is 11.0 Å². The third kappa shape index (κ3) is 5.84. The lowest BCUT2D eigenvalue weighted by Crippen LogP contribution is -3.00. The molecule has 1 atom stereocenters. The molecule has 1 rings (SSSR count). The van der Waals surface area contributed by atoms with E-state index >= 15 is 0 Å². The van der Waals surface area contributed by atoms with Gasteiger partial charge in [0.15, 0.2) is 5.78 Å². The molecule has 0 aromatic heterocycles. The molecular formula is C13H19ClINO. The van der Waals surface area contributed by atoms with Crippen molar-refractivity contribution in [2.45, 2.75) is 6.92 Å². The summed E-state index contributed by atoms with van der Waals surface area (Å²) in [5.74, 6) is 0.175. The van der Waals surface area contributed by atoms with Crippen LogP contribution in [0, 0.1) is 5.92 Å². The number of hydrogen-bond acceptors (Lipinski definition) is 1. The van der Waals surface area contributed by atoms with Crippen LogP contribution in [0.15, 0.2) is 24.3 Å². The highest BCUT2D eigenvalue weighted by Crippen LogP contribution is 2.15. The average molecular weight is 368 g/mol. The minimum Gasteiger partial charge on any atom is -1.00 e. The fourth-order valence-electron chi connectivity index (χ4n) is 1.83. The van der Waals surface area contributed by atoms with E-state index in [1.54, 1.807) is 12.1 Å². The number of benzene rings is 1. The Kier molecular flexibility index (Phi) is 6.66. The second kappa shape index (κ2) is 6.71. The molecule has 0 saturated heterocycles. The molecule has 1 aromatic carbocycles. The first-order valence-electron chi connectivity index (χ1n) is 5.40. The predicted octanol–water partition coefficient (Wildman–Crippen LogP) is -0.131. The number of carbonyl (C=O) groups is 1. The van der Waals surface area contributed by atoms with Gasteiger partial charge in [0.25, 0.3) is 0 Å². The van der Waals surface area contributed by atoms with Gasteiger partial charge in [-0.05, 0) is 19.1 Å². The van der Waals surface area contributed by atoms with Crippen molar-refractivity contribution < 1.29 is 33.3 Å². The van der Waals surface area contributed by atoms with E-state index in [0.29, 0.717) is 10.6 Å². The molecule has 2 nitrogen and oxygen atoms in total. The molecule has 0 radical (unpaired) electrons. The van der Waals surface area contributed by atoms with Gasteiger partial charge in [-0.3, -0.25) is 4.79 Å². The average Bonchev–Trinajstić information content (AvgIpc) is 2.14. The summed E-state index contributed by atoms with van der Waals surface area (Å²) in [6.45, 7) is 2.79. The summed E-state index contributed by atoms with van der Waals surface area (Å²) in [4.78, 5) is 12.1. The summed E-state index contributed by atoms with van der Waals surface area (Å²) in [7, 11) is 6.26. The van der Waals surface area contributed by atoms with E-state index < -0.39 is 0 Å². The van der Waals surface area contributed by atoms with Crippen molar-refractivity contribution >= 4 is 17.4 Å². The highest BCUT2D eigenvalue weighted by Gasteiger charge is 2.21. The van der Waals surface area contributed by atoms with Crippen molar-refractivity contribution in [3.8, 4) is 0 Å². The molecule has 0 saturated carbocycles. The van der Waals surface area contributed by atoms with Crippen molar-refractivity contribution in [3.05, 3.63) is 34.9 Å². The number of quaternary nitrogens is 1. The van der Waals surface area contributed by atoms with E-state index in [1.165, 1.54) is 0 Å². The molecule has 1 aromatic rings. The molecule has 4 heteroatoms. The molecule has 0 bridgehead atoms. The highest BCUT2D eigenvalue weighted by atomic mass is 127. The molecule has 0 amide bonds. The predicted molar refractivity (Wildman–Crippen MR) is 67.8 cm³/mol. The number of hydrogen-bond donors (Lipinski definition) is 0. The van der Waals surface area contributed by atoms with E-state index in [4.69, 9.17) is 11.6 Å². The van der Waals surface area contributed by atoms with Crippen molar-refractivity contribution in [1.29, 1.82) is 0 Å². The summed E-state index contributed by atoms with van der Waals surface area (Å²) < 4.78 is 0.785. The van der Waals surface area contributed by atoms with E-state index in [-0.39, 0.29) is 35.7 Å². The first-order chi connectivity index (χ1) is 7.29. The Hall–Kier alpha value is -0.130. The lowest BCUT2D eigenvalue weighted by molar-refractivity contribution is -0.872. The maximum Gasteiger partial charge on any atom is 0.171 e. The Labute approximate surface area is 126 Å². The van der Waals surface area contributed by atoms with Gasteiger partial charge in [0.1, 0.15) is 0 Å². The molecule has 96 valence electrons. The number of halogens is 2. The molecule has 1 unspecified atom stereocenters. The van der Waals surface area contributed by atoms with E-state index in [9.17, 15) is 4.79 Å². The lowest BCUT2D eigenvalue weighted by Gasteiger charge is -2.26. The van der Waals surface area contributed by atoms with Crippen LogP contribution in [0.5, 0.6) is 0 Å². The van der Waals surface area contributed by atoms with Gasteiger partial charge < -0.3 is 28.5 Å². The molecule has 17 heavy (non-hydrogen) atoms. The fraction of sp³-hybridized carbons (Fsp3) is 0.462. The van der Waals surface area contributed by atoms with Gasteiger partial charge in [-0.25, -0.2) is 0 Å². The molecule has 0 N–H and O–H groups in total. The normalized spacial score (nSPS) is 12.8. The van der Waals surface area contributed by atoms with Crippen LogP contribution in [-0.2, 0) is 0 Å². The Morgan fingerprint density at radius 2 is 1.94 bits per heavy atom. The van der Waals surface area contributed by atoms with Gasteiger partial charge in [-0.1, -0.05) is 23.7 Å². The van der Waals surface area contributed by atoms with Gasteiger partial charge in [-0.15, -0.1) is 0 Å². The van der Waals surface area contributed by atoms with Crippen LogP contribution in [-0.4, -0.2) is 38.0 Å². The maximum atomic E-state index is 12.1. The number of rotatable bonds is 4. The van der Waals surface area contributed by atoms with Crippen molar-refractivity contribution in [3.63, 3.8) is 0 Å². The topological polar surface area (TPSA) is 17.1 Å². The molecule has 0 fully saturated rings. The Bertz CT molecular complexity index is 387. The standard InChI is InChI=1S/C13H19ClNO.HI/c1-10(9-15(2,3)4)13(16)11-6-5-7-12(14)8-11;/h5-8,10H,9H2,1-4H3;1H/q+1;/p-1. The lowest BCUT2D eigenvalue weighted by atomic mass is 9.98. The maximum absolute atomic E-state index is 12.1. The minimum atomic E-state index is 0. The highest BCUT2D eigenvalue weighted by molar-refractivity contribution is 6.31. The molecule has 0 aliphatic carbocycles. The summed E-state index contributed by atoms with van der Waals surface area (Å²) in [5.41, 5.74) is 0.702. The van der Waals surface area contributed by atoms with Crippen molar-refractivity contribution in [2.75, 3.05) is 27.7 Å². The van der Waals surface area contributed by atoms with Gasteiger partial charge >= 0.3 is 0 Å². The summed E-state index contributed by atoms with van der Waals surface area (Å²) >= 11 is 5.87. The van der Waals surface area contributed by atoms with Crippen LogP contribution >= 0.6 is 11.6 Å². The zero-order chi connectivity index (χ0) is 12.3. The second-order valence-corrected chi connectivity index (χ2v) is 5.68. The molecule has 0 aliphatic heterocycles. The Morgan fingerprint density at radius 3 is 2.41 bits per heavy atom. The summed E-state index contributed by atoms with van der Waals surface area (Å²) in [6.07, 6.45) is 0. The number of carbonyl (C=O) groups excluding carboxylic acids is 1. The number of ketones is 1. The van der Waals surface area contributed by atoms with Crippen molar-refractivity contribution in [2.24, 2.45) is 5.92 Å². The van der Waals surface area contributed by atoms with Crippen molar-refractivity contribution in [1.82, 2.24) is 0 Å². The van der Waals surface area contributed by atoms with Gasteiger partial charge in [0.05, 0.1) is 33.6 Å². The molecular weight excluding hydrogens is 349 g/mol. The monoisotopic (exact) mass is 367 g/mol. The van der Waals surface area contributed by atoms with Gasteiger partial charge in [0.2, 0.25) is 0 Å². The number of Topliss-reactive ketones (excluding diaryl/α,β-unsaturated/α-hetero) is 1. The van der Waals surface area contributed by atoms with Crippen LogP contribution in [0.2, 0.25) is 5.02 Å². The third-order valence-electron chi connectivity index (χ3n) is 2.38. The van der Waals surface area contributed by atoms with Crippen LogP contribution in [0.3, 0.4) is 0 Å². The number of nitrogens with zero attached hydrogens (tertiary/aromatic N) is 1. The zero-order valence-corrected chi connectivity index (χ0v) is 13.6. The van der Waals surface area contributed by atoms with Crippen LogP contribution in [0.1, 0.15) is 17.3 Å². The summed E-state index contributed by atoms with van der Waals surface area (Å²) in [6, 6.07) is 7.15. The third-order valence-corrected chi connectivity index (χ3v) is 2.61. The summed E-state index contributed by atoms with van der Waals surface area (Å²) in [5, 5.41) is 0.614. The second-order valence-electron chi connectivity index (χ2n) is 5.25. The fourth-order valence-corrected chi connectivity index (χ4v) is 2.02. The first kappa shape index (κ1) is 16.9. The Morgan fingerprint density at radius 1 is 1.35 bits per heavy atom. The quantitative estimate of drug-likeness (QED) is 0.412. The largest absolute Gasteiger partial charge is 1.00 e. The van der Waals surface area contributed by atoms with Crippen LogP contribution in [0.4, 0.5) is 0 Å². The van der Waals surface area contributed by atoms with Crippen LogP contribution < -0.4 is 24.0 Å². The molecule has 0 aliphatic rings. The molecule has 0 heterocycles. The zero-order valence-electron chi connectivity index (χ0n) is 10.7. The van der Waals surface area contributed by atoms with Gasteiger partial charge in [0, 0.05) is 10.6 Å². The van der Waals surface area contributed by atoms with Crippen LogP contribution in [0.25, 0.3) is 0 Å². The van der Waals surface area contributed by atoms with E-state index in [1.807, 2.05) is 19.1 Å². The molecule has 0 spiro atoms. The Balaban J connectivity index is 0.00000256. The van der Waals surface area contributed by atoms with Gasteiger partial charge in [-0.2, -0.15) is 0 Å². The SMILES string of the molecule is CC(C[N+](C)(C)C)C(=O)c1cccc(Cl)c1.[I-]. The smallest absolute Gasteiger partial charge is 0.171 e.